The Bertz CT molecular complexity index is 1310. The van der Waals surface area contributed by atoms with Crippen molar-refractivity contribution in [3.63, 3.8) is 0 Å². The average molecular weight is 505 g/mol. The standard InChI is InChI=1S/C28H28N2O7/c1-17-10-11-21(22(14-17)34-2)29(12-13-30-27(32)19-8-6-7-9-20(19)28(30)33)26(31)18-15-23(35-3)25(37-5)24(16-18)36-4/h6-11,14-16H,12-13H2,1-5H3. The van der Waals surface area contributed by atoms with Gasteiger partial charge in [0.05, 0.1) is 45.3 Å². The van der Waals surface area contributed by atoms with Gasteiger partial charge in [-0.1, -0.05) is 18.2 Å². The van der Waals surface area contributed by atoms with E-state index in [9.17, 15) is 14.4 Å². The van der Waals surface area contributed by atoms with E-state index in [1.807, 2.05) is 19.1 Å². The van der Waals surface area contributed by atoms with Crippen molar-refractivity contribution in [3.05, 3.63) is 76.9 Å². The number of hydrogen-bond donors (Lipinski definition) is 0. The number of hydrogen-bond acceptors (Lipinski definition) is 7. The molecule has 37 heavy (non-hydrogen) atoms. The van der Waals surface area contributed by atoms with Gasteiger partial charge in [-0.2, -0.15) is 0 Å². The maximum atomic E-state index is 14.0. The van der Waals surface area contributed by atoms with E-state index in [4.69, 9.17) is 18.9 Å². The molecule has 0 unspecified atom stereocenters. The monoisotopic (exact) mass is 504 g/mol. The zero-order valence-electron chi connectivity index (χ0n) is 21.4. The second-order valence-electron chi connectivity index (χ2n) is 8.35. The first-order chi connectivity index (χ1) is 17.8. The molecule has 9 nitrogen and oxygen atoms in total. The van der Waals surface area contributed by atoms with Gasteiger partial charge in [0, 0.05) is 18.7 Å². The van der Waals surface area contributed by atoms with Crippen LogP contribution in [0, 0.1) is 6.92 Å². The number of fused-ring (bicyclic) bond motifs is 1. The molecule has 192 valence electrons. The Morgan fingerprint density at radius 1 is 0.784 bits per heavy atom. The number of imide groups is 1. The highest BCUT2D eigenvalue weighted by Gasteiger charge is 2.36. The molecule has 0 saturated carbocycles. The molecule has 1 aliphatic rings. The molecule has 9 heteroatoms. The number of carbonyl (C=O) groups excluding carboxylic acids is 3. The van der Waals surface area contributed by atoms with Gasteiger partial charge in [-0.05, 0) is 48.9 Å². The van der Waals surface area contributed by atoms with Crippen molar-refractivity contribution in [1.29, 1.82) is 0 Å². The molecular formula is C28H28N2O7. The van der Waals surface area contributed by atoms with Crippen molar-refractivity contribution < 1.29 is 33.3 Å². The summed E-state index contributed by atoms with van der Waals surface area (Å²) in [5, 5.41) is 0. The molecule has 0 atom stereocenters. The molecule has 0 spiro atoms. The van der Waals surface area contributed by atoms with Gasteiger partial charge in [-0.15, -0.1) is 0 Å². The van der Waals surface area contributed by atoms with Crippen LogP contribution in [0.5, 0.6) is 23.0 Å². The third kappa shape index (κ3) is 4.67. The zero-order valence-corrected chi connectivity index (χ0v) is 21.4. The summed E-state index contributed by atoms with van der Waals surface area (Å²) in [6.45, 7) is 1.93. The summed E-state index contributed by atoms with van der Waals surface area (Å²) in [4.78, 5) is 42.4. The number of benzene rings is 3. The van der Waals surface area contributed by atoms with Crippen LogP contribution >= 0.6 is 0 Å². The third-order valence-corrected chi connectivity index (χ3v) is 6.21. The van der Waals surface area contributed by atoms with Crippen LogP contribution in [0.4, 0.5) is 5.69 Å². The van der Waals surface area contributed by atoms with Crippen LogP contribution in [0.2, 0.25) is 0 Å². The summed E-state index contributed by atoms with van der Waals surface area (Å²) < 4.78 is 21.8. The maximum Gasteiger partial charge on any atom is 0.261 e. The third-order valence-electron chi connectivity index (χ3n) is 6.21. The number of anilines is 1. The van der Waals surface area contributed by atoms with Crippen molar-refractivity contribution in [3.8, 4) is 23.0 Å². The highest BCUT2D eigenvalue weighted by atomic mass is 16.5. The van der Waals surface area contributed by atoms with E-state index in [0.717, 1.165) is 10.5 Å². The summed E-state index contributed by atoms with van der Waals surface area (Å²) in [7, 11) is 5.93. The molecule has 4 rings (SSSR count). The lowest BCUT2D eigenvalue weighted by atomic mass is 10.1. The van der Waals surface area contributed by atoms with E-state index in [1.165, 1.54) is 33.3 Å². The van der Waals surface area contributed by atoms with Crippen LogP contribution in [-0.2, 0) is 0 Å². The molecule has 0 fully saturated rings. The maximum absolute atomic E-state index is 14.0. The normalized spacial score (nSPS) is 12.3. The lowest BCUT2D eigenvalue weighted by molar-refractivity contribution is 0.0654. The minimum atomic E-state index is -0.405. The number of methoxy groups -OCH3 is 4. The number of rotatable bonds is 9. The van der Waals surface area contributed by atoms with Gasteiger partial charge >= 0.3 is 0 Å². The smallest absolute Gasteiger partial charge is 0.261 e. The van der Waals surface area contributed by atoms with Gasteiger partial charge in [0.25, 0.3) is 17.7 Å². The summed E-state index contributed by atoms with van der Waals surface area (Å²) >= 11 is 0. The lowest BCUT2D eigenvalue weighted by Gasteiger charge is -2.27. The molecule has 1 heterocycles. The van der Waals surface area contributed by atoms with Gasteiger partial charge in [-0.25, -0.2) is 0 Å². The predicted octanol–water partition coefficient (Wildman–Crippen LogP) is 3.97. The van der Waals surface area contributed by atoms with Crippen molar-refractivity contribution in [2.75, 3.05) is 46.4 Å². The number of amides is 3. The van der Waals surface area contributed by atoms with E-state index < -0.39 is 17.7 Å². The average Bonchev–Trinajstić information content (AvgIpc) is 3.17. The molecule has 0 bridgehead atoms. The Kier molecular flexibility index (Phi) is 7.33. The number of ether oxygens (including phenoxy) is 4. The van der Waals surface area contributed by atoms with Crippen LogP contribution in [0.15, 0.2) is 54.6 Å². The van der Waals surface area contributed by atoms with Crippen LogP contribution in [0.3, 0.4) is 0 Å². The van der Waals surface area contributed by atoms with Crippen LogP contribution in [0.1, 0.15) is 36.6 Å². The van der Waals surface area contributed by atoms with E-state index in [0.29, 0.717) is 39.8 Å². The topological polar surface area (TPSA) is 94.6 Å². The van der Waals surface area contributed by atoms with Crippen molar-refractivity contribution in [2.45, 2.75) is 6.92 Å². The van der Waals surface area contributed by atoms with Crippen LogP contribution < -0.4 is 23.8 Å². The predicted molar refractivity (Wildman–Crippen MR) is 137 cm³/mol. The number of carbonyl (C=O) groups is 3. The largest absolute Gasteiger partial charge is 0.495 e. The van der Waals surface area contributed by atoms with E-state index in [-0.39, 0.29) is 18.7 Å². The summed E-state index contributed by atoms with van der Waals surface area (Å²) in [6.07, 6.45) is 0. The Morgan fingerprint density at radius 2 is 1.35 bits per heavy atom. The second kappa shape index (κ2) is 10.6. The molecule has 0 saturated heterocycles. The fourth-order valence-corrected chi connectivity index (χ4v) is 4.34. The minimum Gasteiger partial charge on any atom is -0.495 e. The van der Waals surface area contributed by atoms with Gasteiger partial charge < -0.3 is 23.8 Å². The Balaban J connectivity index is 1.73. The van der Waals surface area contributed by atoms with Gasteiger partial charge in [0.2, 0.25) is 5.75 Å². The number of aryl methyl sites for hydroxylation is 1. The fourth-order valence-electron chi connectivity index (χ4n) is 4.34. The molecule has 3 amide bonds. The lowest BCUT2D eigenvalue weighted by Crippen LogP contribution is -2.41. The molecule has 0 radical (unpaired) electrons. The Morgan fingerprint density at radius 3 is 1.86 bits per heavy atom. The first kappa shape index (κ1) is 25.6. The summed E-state index contributed by atoms with van der Waals surface area (Å²) in [5.74, 6) is 0.282. The molecule has 1 aliphatic heterocycles. The highest BCUT2D eigenvalue weighted by Crippen LogP contribution is 2.39. The second-order valence-corrected chi connectivity index (χ2v) is 8.35. The highest BCUT2D eigenvalue weighted by molar-refractivity contribution is 6.21. The van der Waals surface area contributed by atoms with Crippen LogP contribution in [0.25, 0.3) is 0 Å². The molecule has 3 aromatic carbocycles. The first-order valence-corrected chi connectivity index (χ1v) is 11.6. The minimum absolute atomic E-state index is 0.0143. The quantitative estimate of drug-likeness (QED) is 0.407. The molecule has 3 aromatic rings. The molecule has 0 aliphatic carbocycles. The van der Waals surface area contributed by atoms with Crippen LogP contribution in [-0.4, -0.2) is 64.2 Å². The summed E-state index contributed by atoms with van der Waals surface area (Å²) in [5.41, 5.74) is 2.40. The SMILES string of the molecule is COc1cc(C)ccc1N(CCN1C(=O)c2ccccc2C1=O)C(=O)c1cc(OC)c(OC)c(OC)c1. The number of nitrogens with zero attached hydrogens (tertiary/aromatic N) is 2. The summed E-state index contributed by atoms with van der Waals surface area (Å²) in [6, 6.07) is 15.2. The van der Waals surface area contributed by atoms with Crippen molar-refractivity contribution >= 4 is 23.4 Å². The zero-order chi connectivity index (χ0) is 26.7. The molecular weight excluding hydrogens is 476 g/mol. The Labute approximate surface area is 215 Å². The fraction of sp³-hybridized carbons (Fsp3) is 0.250. The Hall–Kier alpha value is -4.53. The van der Waals surface area contributed by atoms with E-state index >= 15 is 0 Å². The first-order valence-electron chi connectivity index (χ1n) is 11.6. The van der Waals surface area contributed by atoms with Crippen molar-refractivity contribution in [1.82, 2.24) is 4.90 Å². The van der Waals surface area contributed by atoms with E-state index in [1.54, 1.807) is 42.5 Å². The van der Waals surface area contributed by atoms with Gasteiger partial charge in [-0.3, -0.25) is 19.3 Å². The van der Waals surface area contributed by atoms with Gasteiger partial charge in [0.15, 0.2) is 11.5 Å². The van der Waals surface area contributed by atoms with Crippen molar-refractivity contribution in [2.24, 2.45) is 0 Å². The molecule has 0 N–H and O–H groups in total. The molecule has 0 aromatic heterocycles. The van der Waals surface area contributed by atoms with Gasteiger partial charge in [0.1, 0.15) is 5.75 Å². The van der Waals surface area contributed by atoms with E-state index in [2.05, 4.69) is 0 Å².